The molecule has 7 heteroatoms. The van der Waals surface area contributed by atoms with Crippen LogP contribution in [0.4, 0.5) is 0 Å². The lowest BCUT2D eigenvalue weighted by Crippen LogP contribution is -2.53. The second-order valence-corrected chi connectivity index (χ2v) is 6.67. The molecule has 0 aliphatic carbocycles. The minimum absolute atomic E-state index is 0.0388. The lowest BCUT2D eigenvalue weighted by Gasteiger charge is -2.40. The molecule has 1 aromatic rings. The number of nitrogens with two attached hydrogens (primary N) is 1. The molecule has 0 bridgehead atoms. The maximum Gasteiger partial charge on any atom is 0.254 e. The van der Waals surface area contributed by atoms with Crippen molar-refractivity contribution < 1.29 is 19.0 Å². The molecule has 2 heterocycles. The number of carbonyl (C=O) groups excluding carboxylic acids is 1. The summed E-state index contributed by atoms with van der Waals surface area (Å²) >= 11 is 0. The summed E-state index contributed by atoms with van der Waals surface area (Å²) in [6, 6.07) is 5.92. The average molecular weight is 363 g/mol. The van der Waals surface area contributed by atoms with Gasteiger partial charge in [-0.15, -0.1) is 0 Å². The highest BCUT2D eigenvalue weighted by Crippen LogP contribution is 2.29. The number of piperazine rings is 1. The fourth-order valence-electron chi connectivity index (χ4n) is 3.61. The first kappa shape index (κ1) is 18.9. The highest BCUT2D eigenvalue weighted by Gasteiger charge is 2.28. The van der Waals surface area contributed by atoms with E-state index in [4.69, 9.17) is 19.9 Å². The third-order valence-corrected chi connectivity index (χ3v) is 5.09. The van der Waals surface area contributed by atoms with Gasteiger partial charge >= 0.3 is 0 Å². The lowest BCUT2D eigenvalue weighted by atomic mass is 10.1. The zero-order valence-electron chi connectivity index (χ0n) is 15.5. The molecule has 1 amide bonds. The van der Waals surface area contributed by atoms with Crippen molar-refractivity contribution in [2.24, 2.45) is 5.73 Å². The second-order valence-electron chi connectivity index (χ2n) is 6.67. The van der Waals surface area contributed by atoms with Gasteiger partial charge in [0.2, 0.25) is 0 Å². The van der Waals surface area contributed by atoms with Gasteiger partial charge < -0.3 is 24.8 Å². The number of hydrogen-bond donors (Lipinski definition) is 1. The first-order valence-electron chi connectivity index (χ1n) is 9.35. The van der Waals surface area contributed by atoms with Crippen LogP contribution in [0, 0.1) is 0 Å². The number of benzene rings is 1. The Labute approximate surface area is 155 Å². The van der Waals surface area contributed by atoms with Crippen molar-refractivity contribution in [3.63, 3.8) is 0 Å². The van der Waals surface area contributed by atoms with Gasteiger partial charge in [0.1, 0.15) is 6.61 Å². The van der Waals surface area contributed by atoms with Gasteiger partial charge in [-0.05, 0) is 31.0 Å². The van der Waals surface area contributed by atoms with Gasteiger partial charge in [-0.25, -0.2) is 0 Å². The van der Waals surface area contributed by atoms with E-state index < -0.39 is 0 Å². The highest BCUT2D eigenvalue weighted by atomic mass is 16.5. The van der Waals surface area contributed by atoms with Gasteiger partial charge in [0, 0.05) is 57.5 Å². The highest BCUT2D eigenvalue weighted by molar-refractivity contribution is 5.95. The van der Waals surface area contributed by atoms with Crippen LogP contribution in [-0.2, 0) is 4.74 Å². The summed E-state index contributed by atoms with van der Waals surface area (Å²) in [5.74, 6) is 1.21. The van der Waals surface area contributed by atoms with Crippen LogP contribution in [0.3, 0.4) is 0 Å². The fraction of sp³-hybridized carbons (Fsp3) is 0.632. The minimum atomic E-state index is 0.0388. The molecule has 26 heavy (non-hydrogen) atoms. The van der Waals surface area contributed by atoms with Gasteiger partial charge in [0.15, 0.2) is 11.5 Å². The smallest absolute Gasteiger partial charge is 0.254 e. The van der Waals surface area contributed by atoms with Crippen LogP contribution >= 0.6 is 0 Å². The van der Waals surface area contributed by atoms with Gasteiger partial charge in [0.05, 0.1) is 7.11 Å². The predicted octanol–water partition coefficient (Wildman–Crippen LogP) is 0.970. The zero-order chi connectivity index (χ0) is 18.4. The van der Waals surface area contributed by atoms with Crippen LogP contribution in [0.15, 0.2) is 18.2 Å². The van der Waals surface area contributed by atoms with Crippen LogP contribution in [0.25, 0.3) is 0 Å². The quantitative estimate of drug-likeness (QED) is 0.812. The molecule has 2 N–H and O–H groups in total. The number of ether oxygens (including phenoxy) is 3. The molecule has 0 saturated carbocycles. The Morgan fingerprint density at radius 2 is 1.92 bits per heavy atom. The van der Waals surface area contributed by atoms with Gasteiger partial charge in [-0.2, -0.15) is 0 Å². The standard InChI is InChI=1S/C19H29N3O4/c1-24-17-3-2-15(14-18(17)26-13-6-20)19(23)22-9-7-21(8-10-22)16-4-11-25-12-5-16/h2-3,14,16H,4-13,20H2,1H3. The number of amides is 1. The molecule has 1 aromatic carbocycles. The summed E-state index contributed by atoms with van der Waals surface area (Å²) in [7, 11) is 1.58. The summed E-state index contributed by atoms with van der Waals surface area (Å²) < 4.78 is 16.4. The molecule has 0 radical (unpaired) electrons. The SMILES string of the molecule is COc1ccc(C(=O)N2CCN(C3CCOCC3)CC2)cc1OCCN. The summed E-state index contributed by atoms with van der Waals surface area (Å²) in [4.78, 5) is 17.3. The molecule has 0 atom stereocenters. The monoisotopic (exact) mass is 363 g/mol. The summed E-state index contributed by atoms with van der Waals surface area (Å²) in [5.41, 5.74) is 6.13. The first-order chi connectivity index (χ1) is 12.7. The van der Waals surface area contributed by atoms with Crippen molar-refractivity contribution in [3.05, 3.63) is 23.8 Å². The van der Waals surface area contributed by atoms with Crippen LogP contribution in [-0.4, -0.2) is 81.4 Å². The van der Waals surface area contributed by atoms with E-state index in [1.807, 2.05) is 4.90 Å². The van der Waals surface area contributed by atoms with E-state index in [-0.39, 0.29) is 5.91 Å². The number of carbonyl (C=O) groups is 1. The normalized spacial score (nSPS) is 19.4. The molecule has 2 aliphatic heterocycles. The van der Waals surface area contributed by atoms with E-state index in [2.05, 4.69) is 4.90 Å². The molecule has 2 aliphatic rings. The Morgan fingerprint density at radius 3 is 2.58 bits per heavy atom. The van der Waals surface area contributed by atoms with Crippen LogP contribution < -0.4 is 15.2 Å². The van der Waals surface area contributed by atoms with E-state index in [9.17, 15) is 4.79 Å². The van der Waals surface area contributed by atoms with Gasteiger partial charge in [-0.3, -0.25) is 9.69 Å². The third kappa shape index (κ3) is 4.47. The Morgan fingerprint density at radius 1 is 1.19 bits per heavy atom. The Kier molecular flexibility index (Phi) is 6.71. The topological polar surface area (TPSA) is 77.3 Å². The van der Waals surface area contributed by atoms with Crippen molar-refractivity contribution in [3.8, 4) is 11.5 Å². The van der Waals surface area contributed by atoms with Crippen molar-refractivity contribution in [1.29, 1.82) is 0 Å². The number of hydrogen-bond acceptors (Lipinski definition) is 6. The van der Waals surface area contributed by atoms with Crippen molar-refractivity contribution in [2.75, 3.05) is 59.7 Å². The van der Waals surface area contributed by atoms with E-state index in [1.165, 1.54) is 0 Å². The van der Waals surface area contributed by atoms with E-state index in [1.54, 1.807) is 25.3 Å². The van der Waals surface area contributed by atoms with E-state index in [0.29, 0.717) is 36.3 Å². The van der Waals surface area contributed by atoms with Crippen molar-refractivity contribution >= 4 is 5.91 Å². The number of rotatable bonds is 6. The maximum absolute atomic E-state index is 12.9. The zero-order valence-corrected chi connectivity index (χ0v) is 15.5. The Bertz CT molecular complexity index is 596. The number of nitrogens with zero attached hydrogens (tertiary/aromatic N) is 2. The molecule has 144 valence electrons. The molecule has 0 spiro atoms. The Balaban J connectivity index is 1.60. The van der Waals surface area contributed by atoms with Crippen LogP contribution in [0.2, 0.25) is 0 Å². The lowest BCUT2D eigenvalue weighted by molar-refractivity contribution is 0.0137. The Hall–Kier alpha value is -1.83. The first-order valence-corrected chi connectivity index (χ1v) is 9.35. The predicted molar refractivity (Wildman–Crippen MR) is 98.9 cm³/mol. The second kappa shape index (κ2) is 9.21. The molecule has 0 aromatic heterocycles. The molecular formula is C19H29N3O4. The van der Waals surface area contributed by atoms with Gasteiger partial charge in [0.25, 0.3) is 5.91 Å². The number of methoxy groups -OCH3 is 1. The summed E-state index contributed by atoms with van der Waals surface area (Å²) in [6.07, 6.45) is 2.18. The van der Waals surface area contributed by atoms with Crippen molar-refractivity contribution in [1.82, 2.24) is 9.80 Å². The summed E-state index contributed by atoms with van der Waals surface area (Å²) in [5, 5.41) is 0. The molecule has 2 saturated heterocycles. The molecule has 2 fully saturated rings. The molecular weight excluding hydrogens is 334 g/mol. The van der Waals surface area contributed by atoms with E-state index in [0.717, 1.165) is 52.2 Å². The molecule has 3 rings (SSSR count). The molecule has 0 unspecified atom stereocenters. The summed E-state index contributed by atoms with van der Waals surface area (Å²) in [6.45, 7) is 5.84. The van der Waals surface area contributed by atoms with Crippen LogP contribution in [0.1, 0.15) is 23.2 Å². The average Bonchev–Trinajstić information content (AvgIpc) is 2.72. The van der Waals surface area contributed by atoms with Crippen molar-refractivity contribution in [2.45, 2.75) is 18.9 Å². The fourth-order valence-corrected chi connectivity index (χ4v) is 3.61. The van der Waals surface area contributed by atoms with Crippen LogP contribution in [0.5, 0.6) is 11.5 Å². The maximum atomic E-state index is 12.9. The third-order valence-electron chi connectivity index (χ3n) is 5.09. The minimum Gasteiger partial charge on any atom is -0.493 e. The largest absolute Gasteiger partial charge is 0.493 e. The van der Waals surface area contributed by atoms with E-state index >= 15 is 0 Å². The van der Waals surface area contributed by atoms with Gasteiger partial charge in [-0.1, -0.05) is 0 Å². The molecule has 7 nitrogen and oxygen atoms in total.